The molecule has 0 unspecified atom stereocenters. The highest BCUT2D eigenvalue weighted by Crippen LogP contribution is 2.24. The normalized spacial score (nSPS) is 18.6. The lowest BCUT2D eigenvalue weighted by Gasteiger charge is -2.35. The number of aliphatic hydroxyl groups excluding tert-OH is 4. The van der Waals surface area contributed by atoms with Crippen LogP contribution in [0.4, 0.5) is 0 Å². The van der Waals surface area contributed by atoms with Gasteiger partial charge in [-0.1, -0.05) is 32.6 Å². The summed E-state index contributed by atoms with van der Waals surface area (Å²) in [6.45, 7) is 1.29. The van der Waals surface area contributed by atoms with Gasteiger partial charge in [0.2, 0.25) is 0 Å². The average Bonchev–Trinajstić information content (AvgIpc) is 2.51. The van der Waals surface area contributed by atoms with Crippen molar-refractivity contribution in [2.45, 2.75) is 69.4 Å². The van der Waals surface area contributed by atoms with E-state index in [0.717, 1.165) is 25.7 Å². The fraction of sp³-hybridized carbons (Fsp3) is 0.929. The van der Waals surface area contributed by atoms with Crippen LogP contribution >= 0.6 is 0 Å². The second-order valence-electron chi connectivity index (χ2n) is 5.35. The first-order valence-corrected chi connectivity index (χ1v) is 7.44. The van der Waals surface area contributed by atoms with Crippen LogP contribution in [0.5, 0.6) is 0 Å². The number of hydrogen-bond acceptors (Lipinski definition) is 6. The molecule has 0 saturated heterocycles. The van der Waals surface area contributed by atoms with Crippen LogP contribution in [0.25, 0.3) is 0 Å². The van der Waals surface area contributed by atoms with Gasteiger partial charge in [0.1, 0.15) is 18.3 Å². The number of nitrogens with one attached hydrogen (secondary N) is 1. The Morgan fingerprint density at radius 1 is 1.14 bits per heavy atom. The zero-order valence-corrected chi connectivity index (χ0v) is 12.8. The highest BCUT2D eigenvalue weighted by Gasteiger charge is 2.47. The Labute approximate surface area is 125 Å². The molecule has 0 rings (SSSR count). The predicted molar refractivity (Wildman–Crippen MR) is 77.5 cm³/mol. The number of carbonyl (C=O) groups excluding carboxylic acids is 1. The third kappa shape index (κ3) is 5.88. The van der Waals surface area contributed by atoms with E-state index in [1.54, 1.807) is 0 Å². The van der Waals surface area contributed by atoms with E-state index in [0.29, 0.717) is 6.42 Å². The van der Waals surface area contributed by atoms with Gasteiger partial charge >= 0.3 is 0 Å². The van der Waals surface area contributed by atoms with Crippen molar-refractivity contribution in [1.82, 2.24) is 5.32 Å². The zero-order chi connectivity index (χ0) is 16.5. The van der Waals surface area contributed by atoms with Gasteiger partial charge in [0.05, 0.1) is 6.61 Å². The van der Waals surface area contributed by atoms with E-state index >= 15 is 0 Å². The minimum atomic E-state index is -2.20. The molecular weight excluding hydrogens is 278 g/mol. The van der Waals surface area contributed by atoms with Gasteiger partial charge in [-0.25, -0.2) is 0 Å². The van der Waals surface area contributed by atoms with Gasteiger partial charge in [-0.2, -0.15) is 0 Å². The number of likely N-dealkylation sites (N-methyl/N-ethyl adjacent to an activating group) is 1. The van der Waals surface area contributed by atoms with Crippen molar-refractivity contribution < 1.29 is 30.3 Å². The molecule has 0 spiro atoms. The Balaban J connectivity index is 4.78. The van der Waals surface area contributed by atoms with E-state index in [9.17, 15) is 25.2 Å². The Morgan fingerprint density at radius 3 is 2.19 bits per heavy atom. The van der Waals surface area contributed by atoms with Gasteiger partial charge < -0.3 is 30.8 Å². The summed E-state index contributed by atoms with van der Waals surface area (Å²) in [7, 11) is 1.31. The fourth-order valence-corrected chi connectivity index (χ4v) is 2.21. The van der Waals surface area contributed by atoms with Crippen molar-refractivity contribution in [3.05, 3.63) is 0 Å². The third-order valence-corrected chi connectivity index (χ3v) is 3.68. The molecule has 1 amide bonds. The van der Waals surface area contributed by atoms with Crippen LogP contribution in [0.15, 0.2) is 0 Å². The molecule has 0 aliphatic carbocycles. The summed E-state index contributed by atoms with van der Waals surface area (Å²) in [5, 5.41) is 50.5. The topological polar surface area (TPSA) is 130 Å². The summed E-state index contributed by atoms with van der Waals surface area (Å²) in [4.78, 5) is 11.8. The Kier molecular flexibility index (Phi) is 9.72. The van der Waals surface area contributed by atoms with Crippen LogP contribution in [0, 0.1) is 0 Å². The Morgan fingerprint density at radius 2 is 1.71 bits per heavy atom. The molecule has 6 N–H and O–H groups in total. The number of unbranched alkanes of at least 4 members (excludes halogenated alkanes) is 4. The number of hydrogen-bond donors (Lipinski definition) is 6. The second kappa shape index (κ2) is 10.1. The molecular formula is C14H29NO6. The SMILES string of the molecule is CCCCCCC[C@](O)(C(=O)NC)[C@@H](O)[C@H](O)[C@H](O)CO. The van der Waals surface area contributed by atoms with Gasteiger partial charge in [0.25, 0.3) is 5.91 Å². The maximum absolute atomic E-state index is 11.8. The number of amides is 1. The molecule has 4 atom stereocenters. The molecule has 0 radical (unpaired) electrons. The molecule has 0 aliphatic heterocycles. The highest BCUT2D eigenvalue weighted by atomic mass is 16.4. The number of carbonyl (C=O) groups is 1. The largest absolute Gasteiger partial charge is 0.394 e. The molecule has 0 saturated carbocycles. The molecule has 0 aliphatic rings. The van der Waals surface area contributed by atoms with Crippen LogP contribution in [-0.2, 0) is 4.79 Å². The summed E-state index contributed by atoms with van der Waals surface area (Å²) in [5.41, 5.74) is -2.20. The van der Waals surface area contributed by atoms with Gasteiger partial charge in [-0.05, 0) is 12.8 Å². The molecule has 0 bridgehead atoms. The van der Waals surface area contributed by atoms with Crippen LogP contribution < -0.4 is 5.32 Å². The first kappa shape index (κ1) is 20.3. The van der Waals surface area contributed by atoms with Crippen molar-refractivity contribution in [2.24, 2.45) is 0 Å². The monoisotopic (exact) mass is 307 g/mol. The second-order valence-corrected chi connectivity index (χ2v) is 5.35. The van der Waals surface area contributed by atoms with Crippen LogP contribution in [-0.4, -0.2) is 69.0 Å². The summed E-state index contributed by atoms with van der Waals surface area (Å²) in [6.07, 6.45) is -1.00. The molecule has 0 aromatic rings. The standard InChI is InChI=1S/C14H29NO6/c1-3-4-5-6-7-8-14(21,13(20)15-2)12(19)11(18)10(17)9-16/h10-12,16-19,21H,3-9H2,1-2H3,(H,15,20)/t10-,11-,12+,14-/m1/s1. The van der Waals surface area contributed by atoms with E-state index in [1.165, 1.54) is 7.05 Å². The molecule has 21 heavy (non-hydrogen) atoms. The molecule has 7 heteroatoms. The van der Waals surface area contributed by atoms with Crippen molar-refractivity contribution >= 4 is 5.91 Å². The highest BCUT2D eigenvalue weighted by molar-refractivity contribution is 5.85. The van der Waals surface area contributed by atoms with Gasteiger partial charge in [0, 0.05) is 7.05 Å². The van der Waals surface area contributed by atoms with Crippen LogP contribution in [0.2, 0.25) is 0 Å². The zero-order valence-electron chi connectivity index (χ0n) is 12.8. The van der Waals surface area contributed by atoms with Crippen molar-refractivity contribution in [2.75, 3.05) is 13.7 Å². The summed E-state index contributed by atoms with van der Waals surface area (Å²) in [6, 6.07) is 0. The Bertz CT molecular complexity index is 301. The van der Waals surface area contributed by atoms with Crippen LogP contribution in [0.3, 0.4) is 0 Å². The van der Waals surface area contributed by atoms with Gasteiger partial charge in [0.15, 0.2) is 5.60 Å². The minimum Gasteiger partial charge on any atom is -0.394 e. The first-order valence-electron chi connectivity index (χ1n) is 7.44. The molecule has 0 aromatic carbocycles. The van der Waals surface area contributed by atoms with E-state index in [2.05, 4.69) is 12.2 Å². The maximum Gasteiger partial charge on any atom is 0.254 e. The summed E-state index contributed by atoms with van der Waals surface area (Å²) in [5.74, 6) is -0.824. The van der Waals surface area contributed by atoms with E-state index in [1.807, 2.05) is 0 Å². The molecule has 7 nitrogen and oxygen atoms in total. The van der Waals surface area contributed by atoms with Crippen LogP contribution in [0.1, 0.15) is 45.4 Å². The Hall–Kier alpha value is -0.730. The van der Waals surface area contributed by atoms with Gasteiger partial charge in [-0.15, -0.1) is 0 Å². The van der Waals surface area contributed by atoms with Crippen molar-refractivity contribution in [3.8, 4) is 0 Å². The third-order valence-electron chi connectivity index (χ3n) is 3.68. The summed E-state index contributed by atoms with van der Waals surface area (Å²) >= 11 is 0. The lowest BCUT2D eigenvalue weighted by molar-refractivity contribution is -0.178. The summed E-state index contributed by atoms with van der Waals surface area (Å²) < 4.78 is 0. The first-order chi connectivity index (χ1) is 9.84. The van der Waals surface area contributed by atoms with Gasteiger partial charge in [-0.3, -0.25) is 4.79 Å². The quantitative estimate of drug-likeness (QED) is 0.269. The minimum absolute atomic E-state index is 0.0350. The van der Waals surface area contributed by atoms with Crippen molar-refractivity contribution in [1.29, 1.82) is 0 Å². The maximum atomic E-state index is 11.8. The molecule has 0 fully saturated rings. The number of rotatable bonds is 11. The molecule has 126 valence electrons. The number of aliphatic hydroxyl groups is 5. The average molecular weight is 307 g/mol. The van der Waals surface area contributed by atoms with Crippen molar-refractivity contribution in [3.63, 3.8) is 0 Å². The molecule has 0 heterocycles. The lowest BCUT2D eigenvalue weighted by Crippen LogP contribution is -2.60. The van der Waals surface area contributed by atoms with E-state index in [-0.39, 0.29) is 6.42 Å². The molecule has 0 aromatic heterocycles. The lowest BCUT2D eigenvalue weighted by atomic mass is 9.84. The van der Waals surface area contributed by atoms with E-state index in [4.69, 9.17) is 5.11 Å². The smallest absolute Gasteiger partial charge is 0.254 e. The predicted octanol–water partition coefficient (Wildman–Crippen LogP) is -1.10. The fourth-order valence-electron chi connectivity index (χ4n) is 2.21. The van der Waals surface area contributed by atoms with E-state index < -0.39 is 36.4 Å².